The monoisotopic (exact) mass is 355 g/mol. The lowest BCUT2D eigenvalue weighted by Gasteiger charge is -2.24. The van der Waals surface area contributed by atoms with Crippen LogP contribution in [0, 0.1) is 0 Å². The van der Waals surface area contributed by atoms with Crippen LogP contribution in [0.3, 0.4) is 0 Å². The highest BCUT2D eigenvalue weighted by atomic mass is 35.5. The number of aromatic amines is 1. The van der Waals surface area contributed by atoms with Gasteiger partial charge in [0.15, 0.2) is 0 Å². The van der Waals surface area contributed by atoms with Crippen molar-refractivity contribution in [3.8, 4) is 0 Å². The highest BCUT2D eigenvalue weighted by Crippen LogP contribution is 2.37. The maximum absolute atomic E-state index is 13.0. The van der Waals surface area contributed by atoms with Gasteiger partial charge in [0.25, 0.3) is 0 Å². The lowest BCUT2D eigenvalue weighted by molar-refractivity contribution is -0.137. The van der Waals surface area contributed by atoms with Crippen molar-refractivity contribution in [1.29, 1.82) is 0 Å². The van der Waals surface area contributed by atoms with Crippen molar-refractivity contribution in [2.75, 3.05) is 13.1 Å². The predicted octanol–water partition coefficient (Wildman–Crippen LogP) is 3.35. The Labute approximate surface area is 135 Å². The maximum Gasteiger partial charge on any atom is 0.417 e. The number of imidazole rings is 1. The summed E-state index contributed by atoms with van der Waals surface area (Å²) in [6, 6.07) is 2.02. The highest BCUT2D eigenvalue weighted by Gasteiger charge is 2.34. The van der Waals surface area contributed by atoms with E-state index in [-0.39, 0.29) is 24.0 Å². The van der Waals surface area contributed by atoms with Crippen LogP contribution in [0.2, 0.25) is 5.02 Å². The lowest BCUT2D eigenvalue weighted by atomic mass is 10.1. The molecule has 2 heterocycles. The molecule has 22 heavy (non-hydrogen) atoms. The van der Waals surface area contributed by atoms with E-state index in [4.69, 9.17) is 11.6 Å². The molecule has 0 aliphatic carbocycles. The summed E-state index contributed by atoms with van der Waals surface area (Å²) < 4.78 is 40.3. The van der Waals surface area contributed by atoms with Crippen LogP contribution in [0.1, 0.15) is 24.4 Å². The van der Waals surface area contributed by atoms with Crippen LogP contribution in [0.25, 0.3) is 11.0 Å². The van der Waals surface area contributed by atoms with Crippen molar-refractivity contribution >= 4 is 35.0 Å². The molecule has 1 saturated heterocycles. The van der Waals surface area contributed by atoms with Gasteiger partial charge in [-0.1, -0.05) is 11.6 Å². The fourth-order valence-corrected chi connectivity index (χ4v) is 3.06. The summed E-state index contributed by atoms with van der Waals surface area (Å²) in [7, 11) is 0. The van der Waals surface area contributed by atoms with E-state index in [1.165, 1.54) is 10.6 Å². The molecule has 1 aliphatic rings. The van der Waals surface area contributed by atoms with Crippen molar-refractivity contribution in [3.05, 3.63) is 33.2 Å². The third kappa shape index (κ3) is 2.98. The molecular weight excluding hydrogens is 342 g/mol. The van der Waals surface area contributed by atoms with Crippen LogP contribution in [0.5, 0.6) is 0 Å². The van der Waals surface area contributed by atoms with Gasteiger partial charge in [-0.3, -0.25) is 4.57 Å². The number of aromatic nitrogens is 2. The summed E-state index contributed by atoms with van der Waals surface area (Å²) in [4.78, 5) is 14.7. The molecule has 9 heteroatoms. The second kappa shape index (κ2) is 6.14. The van der Waals surface area contributed by atoms with Gasteiger partial charge in [0.05, 0.1) is 21.6 Å². The molecule has 2 N–H and O–H groups in total. The van der Waals surface area contributed by atoms with Gasteiger partial charge in [0.2, 0.25) is 0 Å². The first kappa shape index (κ1) is 17.2. The van der Waals surface area contributed by atoms with Crippen LogP contribution in [0.4, 0.5) is 13.2 Å². The summed E-state index contributed by atoms with van der Waals surface area (Å²) in [5.74, 6) is 0. The zero-order valence-electron chi connectivity index (χ0n) is 11.3. The number of fused-ring (bicyclic) bond motifs is 1. The molecule has 0 bridgehead atoms. The number of benzene rings is 1. The SMILES string of the molecule is Cl.O=c1[nH]c2cc(Cl)c(C(F)(F)F)cc2n1C1CCNCC1. The van der Waals surface area contributed by atoms with E-state index in [0.29, 0.717) is 18.4 Å². The third-order valence-corrected chi connectivity index (χ3v) is 4.10. The topological polar surface area (TPSA) is 49.8 Å². The van der Waals surface area contributed by atoms with Gasteiger partial charge in [0, 0.05) is 6.04 Å². The molecule has 1 aliphatic heterocycles. The molecule has 3 rings (SSSR count). The Morgan fingerprint density at radius 2 is 1.86 bits per heavy atom. The van der Waals surface area contributed by atoms with Gasteiger partial charge in [-0.05, 0) is 38.1 Å². The Bertz CT molecular complexity index is 732. The molecule has 1 aromatic carbocycles. The minimum Gasteiger partial charge on any atom is -0.317 e. The average Bonchev–Trinajstić information content (AvgIpc) is 2.72. The molecule has 0 saturated carbocycles. The first-order valence-corrected chi connectivity index (χ1v) is 6.97. The van der Waals surface area contributed by atoms with E-state index in [9.17, 15) is 18.0 Å². The van der Waals surface area contributed by atoms with E-state index in [0.717, 1.165) is 19.2 Å². The van der Waals surface area contributed by atoms with E-state index in [1.807, 2.05) is 0 Å². The number of halogens is 5. The maximum atomic E-state index is 13.0. The van der Waals surface area contributed by atoms with Crippen molar-refractivity contribution in [2.24, 2.45) is 0 Å². The molecule has 122 valence electrons. The molecule has 0 amide bonds. The van der Waals surface area contributed by atoms with Crippen LogP contribution in [0.15, 0.2) is 16.9 Å². The largest absolute Gasteiger partial charge is 0.417 e. The number of rotatable bonds is 1. The molecule has 0 atom stereocenters. The molecule has 1 aromatic heterocycles. The number of piperidine rings is 1. The van der Waals surface area contributed by atoms with Gasteiger partial charge >= 0.3 is 11.9 Å². The fraction of sp³-hybridized carbons (Fsp3) is 0.462. The molecule has 1 fully saturated rings. The van der Waals surface area contributed by atoms with Crippen molar-refractivity contribution in [3.63, 3.8) is 0 Å². The summed E-state index contributed by atoms with van der Waals surface area (Å²) in [5, 5.41) is 2.75. The Balaban J connectivity index is 0.00000176. The summed E-state index contributed by atoms with van der Waals surface area (Å²) >= 11 is 5.67. The molecule has 2 aromatic rings. The van der Waals surface area contributed by atoms with Gasteiger partial charge in [0.1, 0.15) is 0 Å². The number of H-pyrrole nitrogens is 1. The van der Waals surface area contributed by atoms with E-state index >= 15 is 0 Å². The Hall–Kier alpha value is -1.18. The van der Waals surface area contributed by atoms with Crippen LogP contribution >= 0.6 is 24.0 Å². The predicted molar refractivity (Wildman–Crippen MR) is 81.0 cm³/mol. The molecular formula is C13H14Cl2F3N3O. The van der Waals surface area contributed by atoms with Crippen molar-refractivity contribution in [1.82, 2.24) is 14.9 Å². The zero-order chi connectivity index (χ0) is 15.2. The van der Waals surface area contributed by atoms with E-state index in [1.54, 1.807) is 0 Å². The van der Waals surface area contributed by atoms with Gasteiger partial charge in [-0.15, -0.1) is 12.4 Å². The summed E-state index contributed by atoms with van der Waals surface area (Å²) in [6.45, 7) is 1.48. The zero-order valence-corrected chi connectivity index (χ0v) is 12.9. The second-order valence-electron chi connectivity index (χ2n) is 5.13. The van der Waals surface area contributed by atoms with Crippen molar-refractivity contribution < 1.29 is 13.2 Å². The number of nitrogens with one attached hydrogen (secondary N) is 2. The van der Waals surface area contributed by atoms with Crippen molar-refractivity contribution in [2.45, 2.75) is 25.1 Å². The Morgan fingerprint density at radius 1 is 1.23 bits per heavy atom. The number of nitrogens with zero attached hydrogens (tertiary/aromatic N) is 1. The minimum atomic E-state index is -4.54. The first-order valence-electron chi connectivity index (χ1n) is 6.59. The Kier molecular flexibility index (Phi) is 4.79. The molecule has 0 unspecified atom stereocenters. The third-order valence-electron chi connectivity index (χ3n) is 3.78. The first-order chi connectivity index (χ1) is 9.88. The Morgan fingerprint density at radius 3 is 2.45 bits per heavy atom. The normalized spacial score (nSPS) is 16.7. The van der Waals surface area contributed by atoms with Crippen LogP contribution in [-0.4, -0.2) is 22.6 Å². The smallest absolute Gasteiger partial charge is 0.317 e. The minimum absolute atomic E-state index is 0. The van der Waals surface area contributed by atoms with Crippen LogP contribution in [-0.2, 0) is 6.18 Å². The van der Waals surface area contributed by atoms with E-state index in [2.05, 4.69) is 10.3 Å². The number of hydrogen-bond acceptors (Lipinski definition) is 2. The van der Waals surface area contributed by atoms with Gasteiger partial charge < -0.3 is 10.3 Å². The number of hydrogen-bond donors (Lipinski definition) is 2. The standard InChI is InChI=1S/C13H13ClF3N3O.ClH/c14-9-6-10-11(5-8(9)13(15,16)17)20(12(21)19-10)7-1-3-18-4-2-7;/h5-7,18H,1-4H2,(H,19,21);1H. The quantitative estimate of drug-likeness (QED) is 0.824. The van der Waals surface area contributed by atoms with Gasteiger partial charge in [-0.2, -0.15) is 13.2 Å². The summed E-state index contributed by atoms with van der Waals surface area (Å²) in [6.07, 6.45) is -3.13. The molecule has 0 spiro atoms. The summed E-state index contributed by atoms with van der Waals surface area (Å²) in [5.41, 5.74) is -0.731. The number of alkyl halides is 3. The van der Waals surface area contributed by atoms with Gasteiger partial charge in [-0.25, -0.2) is 4.79 Å². The average molecular weight is 356 g/mol. The lowest BCUT2D eigenvalue weighted by Crippen LogP contribution is -2.33. The second-order valence-corrected chi connectivity index (χ2v) is 5.54. The highest BCUT2D eigenvalue weighted by molar-refractivity contribution is 6.32. The molecule has 4 nitrogen and oxygen atoms in total. The molecule has 0 radical (unpaired) electrons. The van der Waals surface area contributed by atoms with E-state index < -0.39 is 22.5 Å². The fourth-order valence-electron chi connectivity index (χ4n) is 2.79. The van der Waals surface area contributed by atoms with Crippen LogP contribution < -0.4 is 11.0 Å².